The van der Waals surface area contributed by atoms with E-state index < -0.39 is 0 Å². The number of amides is 2. The zero-order chi connectivity index (χ0) is 15.9. The largest absolute Gasteiger partial charge is 0.497 e. The number of carbonyl (C=O) groups excluding carboxylic acids is 2. The van der Waals surface area contributed by atoms with Crippen LogP contribution in [0.3, 0.4) is 0 Å². The minimum Gasteiger partial charge on any atom is -0.497 e. The summed E-state index contributed by atoms with van der Waals surface area (Å²) >= 11 is 1.69. The second-order valence-corrected chi connectivity index (χ2v) is 5.93. The maximum Gasteiger partial charge on any atom is 0.243 e. The monoisotopic (exact) mass is 359 g/mol. The van der Waals surface area contributed by atoms with Crippen molar-refractivity contribution in [2.45, 2.75) is 13.0 Å². The Morgan fingerprint density at radius 2 is 2.26 bits per heavy atom. The smallest absolute Gasteiger partial charge is 0.243 e. The molecule has 1 saturated heterocycles. The number of benzene rings is 1. The summed E-state index contributed by atoms with van der Waals surface area (Å²) < 4.78 is 5.12. The van der Waals surface area contributed by atoms with Gasteiger partial charge in [0.2, 0.25) is 11.8 Å². The van der Waals surface area contributed by atoms with Crippen molar-refractivity contribution < 1.29 is 14.3 Å². The van der Waals surface area contributed by atoms with Crippen molar-refractivity contribution in [1.82, 2.24) is 10.2 Å². The highest BCUT2D eigenvalue weighted by atomic mass is 35.5. The van der Waals surface area contributed by atoms with Crippen LogP contribution in [0.15, 0.2) is 24.3 Å². The van der Waals surface area contributed by atoms with Crippen LogP contribution in [0.25, 0.3) is 0 Å². The first-order valence-corrected chi connectivity index (χ1v) is 8.33. The van der Waals surface area contributed by atoms with E-state index in [4.69, 9.17) is 4.74 Å². The van der Waals surface area contributed by atoms with Gasteiger partial charge >= 0.3 is 0 Å². The van der Waals surface area contributed by atoms with Crippen molar-refractivity contribution in [1.29, 1.82) is 0 Å². The van der Waals surface area contributed by atoms with Crippen molar-refractivity contribution in [3.05, 3.63) is 24.3 Å². The summed E-state index contributed by atoms with van der Waals surface area (Å²) in [7, 11) is 1.57. The van der Waals surface area contributed by atoms with Crippen LogP contribution in [0.2, 0.25) is 0 Å². The number of rotatable bonds is 6. The van der Waals surface area contributed by atoms with Crippen molar-refractivity contribution >= 4 is 41.7 Å². The Balaban J connectivity index is 0.00000264. The van der Waals surface area contributed by atoms with E-state index in [1.54, 1.807) is 48.0 Å². The maximum atomic E-state index is 12.3. The molecule has 8 heteroatoms. The highest BCUT2D eigenvalue weighted by Gasteiger charge is 2.27. The number of nitrogens with one attached hydrogen (secondary N) is 2. The zero-order valence-corrected chi connectivity index (χ0v) is 14.8. The third kappa shape index (κ3) is 5.60. The molecule has 1 fully saturated rings. The van der Waals surface area contributed by atoms with Gasteiger partial charge in [-0.2, -0.15) is 0 Å². The number of nitrogens with zero attached hydrogens (tertiary/aromatic N) is 1. The Hall–Kier alpha value is -1.44. The lowest BCUT2D eigenvalue weighted by Crippen LogP contribution is -2.47. The van der Waals surface area contributed by atoms with E-state index in [2.05, 4.69) is 10.6 Å². The molecular formula is C15H22ClN3O3S. The SMILES string of the molecule is CCN(CC(=O)Nc1cccc(OC)c1)C(=O)[C@H]1CSCN1.Cl. The van der Waals surface area contributed by atoms with Crippen LogP contribution < -0.4 is 15.4 Å². The lowest BCUT2D eigenvalue weighted by molar-refractivity contribution is -0.135. The summed E-state index contributed by atoms with van der Waals surface area (Å²) in [6.45, 7) is 2.43. The molecule has 1 aromatic rings. The molecule has 2 amide bonds. The lowest BCUT2D eigenvalue weighted by Gasteiger charge is -2.23. The molecule has 1 heterocycles. The number of methoxy groups -OCH3 is 1. The van der Waals surface area contributed by atoms with E-state index in [0.29, 0.717) is 18.0 Å². The number of hydrogen-bond acceptors (Lipinski definition) is 5. The van der Waals surface area contributed by atoms with Crippen molar-refractivity contribution in [2.75, 3.05) is 37.1 Å². The molecule has 0 aromatic heterocycles. The van der Waals surface area contributed by atoms with Gasteiger partial charge in [0.25, 0.3) is 0 Å². The molecule has 0 spiro atoms. The van der Waals surface area contributed by atoms with Crippen molar-refractivity contribution in [3.8, 4) is 5.75 Å². The van der Waals surface area contributed by atoms with Crippen molar-refractivity contribution in [3.63, 3.8) is 0 Å². The first-order chi connectivity index (χ1) is 10.6. The molecule has 0 aliphatic carbocycles. The summed E-state index contributed by atoms with van der Waals surface area (Å²) in [4.78, 5) is 26.0. The third-order valence-corrected chi connectivity index (χ3v) is 4.34. The van der Waals surface area contributed by atoms with Gasteiger partial charge in [0.1, 0.15) is 5.75 Å². The van der Waals surface area contributed by atoms with Crippen LogP contribution in [0, 0.1) is 0 Å². The van der Waals surface area contributed by atoms with Gasteiger partial charge in [0.05, 0.1) is 19.7 Å². The molecule has 6 nitrogen and oxygen atoms in total. The van der Waals surface area contributed by atoms with Gasteiger partial charge in [-0.05, 0) is 19.1 Å². The van der Waals surface area contributed by atoms with Crippen LogP contribution in [0.1, 0.15) is 6.92 Å². The van der Waals surface area contributed by atoms with Gasteiger partial charge in [-0.15, -0.1) is 24.2 Å². The third-order valence-electron chi connectivity index (χ3n) is 3.40. The fourth-order valence-electron chi connectivity index (χ4n) is 2.19. The topological polar surface area (TPSA) is 70.7 Å². The van der Waals surface area contributed by atoms with Gasteiger partial charge < -0.3 is 15.0 Å². The molecule has 128 valence electrons. The van der Waals surface area contributed by atoms with Gasteiger partial charge in [-0.25, -0.2) is 0 Å². The van der Waals surface area contributed by atoms with Crippen LogP contribution in [0.4, 0.5) is 5.69 Å². The number of ether oxygens (including phenoxy) is 1. The van der Waals surface area contributed by atoms with Crippen LogP contribution >= 0.6 is 24.2 Å². The lowest BCUT2D eigenvalue weighted by atomic mass is 10.2. The van der Waals surface area contributed by atoms with E-state index in [1.165, 1.54) is 0 Å². The van der Waals surface area contributed by atoms with Crippen LogP contribution in [-0.2, 0) is 9.59 Å². The minimum atomic E-state index is -0.214. The molecule has 1 aromatic carbocycles. The molecule has 1 aliphatic rings. The first kappa shape index (κ1) is 19.6. The predicted molar refractivity (Wildman–Crippen MR) is 95.4 cm³/mol. The average molecular weight is 360 g/mol. The van der Waals surface area contributed by atoms with E-state index in [-0.39, 0.29) is 36.8 Å². The quantitative estimate of drug-likeness (QED) is 0.806. The summed E-state index contributed by atoms with van der Waals surface area (Å²) in [5.41, 5.74) is 0.655. The first-order valence-electron chi connectivity index (χ1n) is 7.18. The molecule has 23 heavy (non-hydrogen) atoms. The Morgan fingerprint density at radius 3 is 2.87 bits per heavy atom. The molecular weight excluding hydrogens is 338 g/mol. The highest BCUT2D eigenvalue weighted by Crippen LogP contribution is 2.17. The van der Waals surface area contributed by atoms with E-state index >= 15 is 0 Å². The molecule has 0 unspecified atom stereocenters. The van der Waals surface area contributed by atoms with Crippen molar-refractivity contribution in [2.24, 2.45) is 0 Å². The van der Waals surface area contributed by atoms with Gasteiger partial charge in [0.15, 0.2) is 0 Å². The number of likely N-dealkylation sites (N-methyl/N-ethyl adjacent to an activating group) is 1. The zero-order valence-electron chi connectivity index (χ0n) is 13.2. The van der Waals surface area contributed by atoms with Crippen LogP contribution in [0.5, 0.6) is 5.75 Å². The number of carbonyl (C=O) groups is 2. The second kappa shape index (κ2) is 9.64. The number of anilines is 1. The second-order valence-electron chi connectivity index (χ2n) is 4.90. The normalized spacial score (nSPS) is 16.3. The van der Waals surface area contributed by atoms with E-state index in [0.717, 1.165) is 11.6 Å². The summed E-state index contributed by atoms with van der Waals surface area (Å²) in [6, 6.07) is 6.95. The minimum absolute atomic E-state index is 0. The molecule has 2 N–H and O–H groups in total. The molecule has 2 rings (SSSR count). The summed E-state index contributed by atoms with van der Waals surface area (Å²) in [5.74, 6) is 1.98. The number of thioether (sulfide) groups is 1. The van der Waals surface area contributed by atoms with Gasteiger partial charge in [0, 0.05) is 29.9 Å². The molecule has 0 saturated carbocycles. The summed E-state index contributed by atoms with van der Waals surface area (Å²) in [5, 5.41) is 5.92. The number of halogens is 1. The summed E-state index contributed by atoms with van der Waals surface area (Å²) in [6.07, 6.45) is 0. The van der Waals surface area contributed by atoms with E-state index in [1.807, 2.05) is 6.92 Å². The Morgan fingerprint density at radius 1 is 1.48 bits per heavy atom. The predicted octanol–water partition coefficient (Wildman–Crippen LogP) is 1.57. The van der Waals surface area contributed by atoms with Gasteiger partial charge in [-0.1, -0.05) is 6.07 Å². The standard InChI is InChI=1S/C15H21N3O3S.ClH/c1-3-18(15(20)13-9-22-10-16-13)8-14(19)17-11-5-4-6-12(7-11)21-2;/h4-7,13,16H,3,8-10H2,1-2H3,(H,17,19);1H/t13-;/m1./s1. The Kier molecular flexibility index (Phi) is 8.22. The Bertz CT molecular complexity index is 538. The molecule has 0 bridgehead atoms. The number of hydrogen-bond donors (Lipinski definition) is 2. The fraction of sp³-hybridized carbons (Fsp3) is 0.467. The van der Waals surface area contributed by atoms with E-state index in [9.17, 15) is 9.59 Å². The fourth-order valence-corrected chi connectivity index (χ4v) is 3.13. The molecule has 0 radical (unpaired) electrons. The van der Waals surface area contributed by atoms with Crippen LogP contribution in [-0.4, -0.2) is 54.6 Å². The molecule has 1 aliphatic heterocycles. The maximum absolute atomic E-state index is 12.3. The highest BCUT2D eigenvalue weighted by molar-refractivity contribution is 7.99. The molecule has 1 atom stereocenters. The Labute approximate surface area is 146 Å². The van der Waals surface area contributed by atoms with Gasteiger partial charge in [-0.3, -0.25) is 14.9 Å². The average Bonchev–Trinajstić information content (AvgIpc) is 3.06.